The van der Waals surface area contributed by atoms with Crippen LogP contribution in [0.25, 0.3) is 32.7 Å². The highest BCUT2D eigenvalue weighted by Crippen LogP contribution is 2.51. The first kappa shape index (κ1) is 24.0. The molecular formula is C33H24IO2P. The third-order valence-electron chi connectivity index (χ3n) is 6.89. The van der Waals surface area contributed by atoms with E-state index < -0.39 is 7.14 Å². The van der Waals surface area contributed by atoms with Gasteiger partial charge in [0.05, 0.1) is 7.11 Å². The van der Waals surface area contributed by atoms with Gasteiger partial charge in [-0.3, -0.25) is 0 Å². The van der Waals surface area contributed by atoms with Crippen molar-refractivity contribution in [1.82, 2.24) is 0 Å². The van der Waals surface area contributed by atoms with Crippen molar-refractivity contribution in [3.05, 3.63) is 131 Å². The zero-order chi connectivity index (χ0) is 25.4. The topological polar surface area (TPSA) is 26.3 Å². The Labute approximate surface area is 230 Å². The maximum absolute atomic E-state index is 15.8. The van der Waals surface area contributed by atoms with Gasteiger partial charge in [0.25, 0.3) is 0 Å². The number of benzene rings is 6. The zero-order valence-corrected chi connectivity index (χ0v) is 23.3. The van der Waals surface area contributed by atoms with Crippen LogP contribution in [0.4, 0.5) is 0 Å². The molecule has 0 radical (unpaired) electrons. The summed E-state index contributed by atoms with van der Waals surface area (Å²) >= 11 is 2.37. The summed E-state index contributed by atoms with van der Waals surface area (Å²) in [6.07, 6.45) is 0. The Morgan fingerprint density at radius 2 is 1.11 bits per heavy atom. The van der Waals surface area contributed by atoms with Gasteiger partial charge in [0, 0.05) is 30.6 Å². The van der Waals surface area contributed by atoms with E-state index >= 15 is 4.57 Å². The minimum absolute atomic E-state index is 0.764. The van der Waals surface area contributed by atoms with Crippen LogP contribution in [0.5, 0.6) is 5.75 Å². The molecule has 0 saturated carbocycles. The third kappa shape index (κ3) is 3.98. The molecule has 2 nitrogen and oxygen atoms in total. The fraction of sp³-hybridized carbons (Fsp3) is 0.0303. The molecule has 0 aliphatic carbocycles. The van der Waals surface area contributed by atoms with Crippen LogP contribution in [0, 0.1) is 3.57 Å². The van der Waals surface area contributed by atoms with Crippen molar-refractivity contribution in [2.45, 2.75) is 0 Å². The van der Waals surface area contributed by atoms with E-state index in [0.717, 1.165) is 57.9 Å². The second-order valence-electron chi connectivity index (χ2n) is 8.95. The van der Waals surface area contributed by atoms with E-state index in [1.54, 1.807) is 7.11 Å². The molecule has 0 N–H and O–H groups in total. The van der Waals surface area contributed by atoms with Gasteiger partial charge in [0.1, 0.15) is 5.75 Å². The molecule has 6 rings (SSSR count). The highest BCUT2D eigenvalue weighted by molar-refractivity contribution is 14.1. The maximum atomic E-state index is 15.8. The van der Waals surface area contributed by atoms with Gasteiger partial charge >= 0.3 is 0 Å². The Balaban J connectivity index is 1.87. The Hall–Kier alpha value is -3.40. The molecule has 37 heavy (non-hydrogen) atoms. The summed E-state index contributed by atoms with van der Waals surface area (Å²) in [5.74, 6) is 0.764. The Kier molecular flexibility index (Phi) is 6.36. The first-order chi connectivity index (χ1) is 18.1. The van der Waals surface area contributed by atoms with E-state index in [1.165, 1.54) is 0 Å². The Morgan fingerprint density at radius 3 is 1.70 bits per heavy atom. The minimum atomic E-state index is -3.29. The van der Waals surface area contributed by atoms with E-state index in [9.17, 15) is 0 Å². The number of hydrogen-bond donors (Lipinski definition) is 0. The van der Waals surface area contributed by atoms with Crippen LogP contribution in [-0.2, 0) is 4.57 Å². The van der Waals surface area contributed by atoms with Crippen LogP contribution in [0.1, 0.15) is 0 Å². The molecule has 180 valence electrons. The number of hydrogen-bond acceptors (Lipinski definition) is 2. The molecule has 0 unspecified atom stereocenters. The number of halogens is 1. The van der Waals surface area contributed by atoms with Crippen LogP contribution in [-0.4, -0.2) is 7.11 Å². The van der Waals surface area contributed by atoms with Gasteiger partial charge in [-0.25, -0.2) is 0 Å². The molecule has 0 aliphatic rings. The summed E-state index contributed by atoms with van der Waals surface area (Å²) in [7, 11) is -1.59. The molecule has 0 aliphatic heterocycles. The van der Waals surface area contributed by atoms with Crippen molar-refractivity contribution in [2.75, 3.05) is 7.11 Å². The van der Waals surface area contributed by atoms with Crippen LogP contribution in [0.15, 0.2) is 127 Å². The van der Waals surface area contributed by atoms with Crippen LogP contribution in [0.3, 0.4) is 0 Å². The second kappa shape index (κ2) is 9.81. The van der Waals surface area contributed by atoms with Crippen molar-refractivity contribution < 1.29 is 9.30 Å². The first-order valence-corrected chi connectivity index (χ1v) is 14.9. The molecule has 0 aromatic heterocycles. The summed E-state index contributed by atoms with van der Waals surface area (Å²) in [5, 5.41) is 6.82. The molecule has 0 saturated heterocycles. The number of methoxy groups -OCH3 is 1. The summed E-state index contributed by atoms with van der Waals surface area (Å²) in [6.45, 7) is 0. The van der Waals surface area contributed by atoms with Crippen molar-refractivity contribution in [3.63, 3.8) is 0 Å². The molecule has 4 heteroatoms. The van der Waals surface area contributed by atoms with Gasteiger partial charge in [-0.2, -0.15) is 0 Å². The lowest BCUT2D eigenvalue weighted by Gasteiger charge is -2.27. The fourth-order valence-electron chi connectivity index (χ4n) is 5.23. The number of fused-ring (bicyclic) bond motifs is 2. The second-order valence-corrected chi connectivity index (χ2v) is 12.8. The van der Waals surface area contributed by atoms with E-state index in [-0.39, 0.29) is 0 Å². The molecule has 0 atom stereocenters. The maximum Gasteiger partial charge on any atom is 0.172 e. The average molecular weight is 610 g/mol. The van der Waals surface area contributed by atoms with Crippen molar-refractivity contribution in [3.8, 4) is 16.9 Å². The van der Waals surface area contributed by atoms with E-state index in [4.69, 9.17) is 4.74 Å². The summed E-state index contributed by atoms with van der Waals surface area (Å²) in [5.41, 5.74) is 1.93. The van der Waals surface area contributed by atoms with Crippen LogP contribution >= 0.6 is 29.7 Å². The first-order valence-electron chi connectivity index (χ1n) is 12.1. The highest BCUT2D eigenvalue weighted by Gasteiger charge is 2.36. The number of ether oxygens (including phenoxy) is 1. The molecule has 0 fully saturated rings. The largest absolute Gasteiger partial charge is 0.496 e. The van der Waals surface area contributed by atoms with Crippen LogP contribution in [0.2, 0.25) is 0 Å². The van der Waals surface area contributed by atoms with Gasteiger partial charge in [-0.15, -0.1) is 0 Å². The molecule has 0 heterocycles. The van der Waals surface area contributed by atoms with E-state index in [2.05, 4.69) is 77.2 Å². The van der Waals surface area contributed by atoms with Crippen molar-refractivity contribution >= 4 is 67.2 Å². The lowest BCUT2D eigenvalue weighted by molar-refractivity contribution is 0.417. The minimum Gasteiger partial charge on any atom is -0.496 e. The van der Waals surface area contributed by atoms with Gasteiger partial charge in [0.15, 0.2) is 7.14 Å². The predicted octanol–water partition coefficient (Wildman–Crippen LogP) is 7.91. The molecule has 0 spiro atoms. The van der Waals surface area contributed by atoms with E-state index in [1.807, 2.05) is 72.8 Å². The van der Waals surface area contributed by atoms with E-state index in [0.29, 0.717) is 0 Å². The average Bonchev–Trinajstić information content (AvgIpc) is 2.96. The van der Waals surface area contributed by atoms with Gasteiger partial charge in [-0.1, -0.05) is 115 Å². The normalized spacial score (nSPS) is 11.6. The third-order valence-corrected chi connectivity index (χ3v) is 11.3. The monoisotopic (exact) mass is 610 g/mol. The molecule has 6 aromatic carbocycles. The van der Waals surface area contributed by atoms with Crippen molar-refractivity contribution in [2.24, 2.45) is 0 Å². The Morgan fingerprint density at radius 1 is 0.595 bits per heavy atom. The fourth-order valence-corrected chi connectivity index (χ4v) is 9.76. The Bertz CT molecular complexity index is 1750. The molecule has 6 aromatic rings. The van der Waals surface area contributed by atoms with Crippen LogP contribution < -0.4 is 20.7 Å². The van der Waals surface area contributed by atoms with Gasteiger partial charge < -0.3 is 9.30 Å². The molecular weight excluding hydrogens is 586 g/mol. The van der Waals surface area contributed by atoms with Gasteiger partial charge in [0.2, 0.25) is 0 Å². The smallest absolute Gasteiger partial charge is 0.172 e. The van der Waals surface area contributed by atoms with Crippen molar-refractivity contribution in [1.29, 1.82) is 0 Å². The predicted molar refractivity (Wildman–Crippen MR) is 166 cm³/mol. The quantitative estimate of drug-likeness (QED) is 0.147. The summed E-state index contributed by atoms with van der Waals surface area (Å²) in [6, 6.07) is 42.7. The SMILES string of the molecule is COc1ccc2ccccc2c1-c1c(P(=O)(c2ccccc2)c2ccccc2)c(I)cc2ccccc12. The summed E-state index contributed by atoms with van der Waals surface area (Å²) in [4.78, 5) is 0. The number of rotatable bonds is 5. The highest BCUT2D eigenvalue weighted by atomic mass is 127. The zero-order valence-electron chi connectivity index (χ0n) is 20.3. The molecule has 0 bridgehead atoms. The lowest BCUT2D eigenvalue weighted by Crippen LogP contribution is -2.28. The standard InChI is InChI=1S/C33H24IO2P/c1-36-30-21-20-23-12-8-10-18-27(23)31(30)32-28-19-11-9-13-24(28)22-29(34)33(32)37(35,25-14-4-2-5-15-25)26-16-6-3-7-17-26/h2-22H,1H3. The van der Waals surface area contributed by atoms with Gasteiger partial charge in [-0.05, 0) is 56.3 Å². The molecule has 0 amide bonds. The summed E-state index contributed by atoms with van der Waals surface area (Å²) < 4.78 is 22.7. The lowest BCUT2D eigenvalue weighted by atomic mass is 9.93.